The molecule has 2 aliphatic heterocycles. The topological polar surface area (TPSA) is 70.4 Å². The van der Waals surface area contributed by atoms with Crippen molar-refractivity contribution in [1.29, 1.82) is 0 Å². The van der Waals surface area contributed by atoms with Crippen molar-refractivity contribution in [2.75, 3.05) is 29.5 Å². The van der Waals surface area contributed by atoms with Crippen LogP contribution in [0.1, 0.15) is 41.0 Å². The van der Waals surface area contributed by atoms with Crippen molar-refractivity contribution in [2.24, 2.45) is 0 Å². The Morgan fingerprint density at radius 3 is 2.26 bits per heavy atom. The number of likely N-dealkylation sites (tertiary alicyclic amines) is 1. The van der Waals surface area contributed by atoms with Gasteiger partial charge in [-0.05, 0) is 78.9 Å². The first-order chi connectivity index (χ1) is 18.6. The molecule has 1 amide bonds. The van der Waals surface area contributed by atoms with Crippen LogP contribution in [0.15, 0.2) is 103 Å². The normalized spacial score (nSPS) is 17.1. The molecular weight excluding hydrogens is 468 g/mol. The Hall–Kier alpha value is -4.35. The minimum absolute atomic E-state index is 0.132. The van der Waals surface area contributed by atoms with E-state index in [0.29, 0.717) is 17.2 Å². The molecule has 1 saturated heterocycles. The van der Waals surface area contributed by atoms with Crippen LogP contribution in [0.4, 0.5) is 17.1 Å². The number of fused-ring (bicyclic) bond motifs is 1. The molecule has 0 unspecified atom stereocenters. The Bertz CT molecular complexity index is 1450. The summed E-state index contributed by atoms with van der Waals surface area (Å²) in [6, 6.07) is 34.9. The highest BCUT2D eigenvalue weighted by Crippen LogP contribution is 2.38. The Morgan fingerprint density at radius 2 is 1.55 bits per heavy atom. The predicted molar refractivity (Wildman–Crippen MR) is 156 cm³/mol. The Kier molecular flexibility index (Phi) is 6.67. The van der Waals surface area contributed by atoms with Crippen molar-refractivity contribution in [3.05, 3.63) is 125 Å². The lowest BCUT2D eigenvalue weighted by molar-refractivity contribution is -0.110. The van der Waals surface area contributed by atoms with Crippen molar-refractivity contribution < 1.29 is 4.79 Å². The maximum Gasteiger partial charge on any atom is 0.258 e. The van der Waals surface area contributed by atoms with Gasteiger partial charge in [-0.15, -0.1) is 0 Å². The van der Waals surface area contributed by atoms with Crippen molar-refractivity contribution in [2.45, 2.75) is 25.3 Å². The summed E-state index contributed by atoms with van der Waals surface area (Å²) in [5.74, 6) is 0.532. The smallest absolute Gasteiger partial charge is 0.258 e. The summed E-state index contributed by atoms with van der Waals surface area (Å²) in [5.41, 5.74) is 14.3. The standard InChI is InChI=1S/C33H32N4O/c34-27-13-16-30-29(21-27)31(33(38)36-30)32(26-9-5-2-6-10-26)35-28-14-11-23(12-15-28)22-37-19-17-25(18-20-37)24-7-3-1-4-8-24/h1-16,21,25,35H,17-20,22,34H2,(H,36,38)/b32-31-. The fraction of sp³-hybridized carbons (Fsp3) is 0.182. The van der Waals surface area contributed by atoms with Crippen molar-refractivity contribution in [1.82, 2.24) is 4.90 Å². The monoisotopic (exact) mass is 500 g/mol. The van der Waals surface area contributed by atoms with Crippen LogP contribution in [0.25, 0.3) is 11.3 Å². The number of rotatable bonds is 6. The summed E-state index contributed by atoms with van der Waals surface area (Å²) < 4.78 is 0. The van der Waals surface area contributed by atoms with Crippen LogP contribution in [0.2, 0.25) is 0 Å². The molecule has 0 saturated carbocycles. The molecule has 4 aromatic carbocycles. The van der Waals surface area contributed by atoms with Crippen LogP contribution in [0.5, 0.6) is 0 Å². The molecule has 0 aliphatic carbocycles. The van der Waals surface area contributed by atoms with Crippen molar-refractivity contribution >= 4 is 34.2 Å². The molecule has 6 rings (SSSR count). The lowest BCUT2D eigenvalue weighted by atomic mass is 9.89. The SMILES string of the molecule is Nc1ccc2c(c1)/C(=C(/Nc1ccc(CN3CCC(c4ccccc4)CC3)cc1)c1ccccc1)C(=O)N2. The van der Waals surface area contributed by atoms with E-state index in [2.05, 4.69) is 70.1 Å². The second-order valence-electron chi connectivity index (χ2n) is 10.2. The zero-order chi connectivity index (χ0) is 25.9. The predicted octanol–water partition coefficient (Wildman–Crippen LogP) is 6.58. The first-order valence-corrected chi connectivity index (χ1v) is 13.3. The third-order valence-electron chi connectivity index (χ3n) is 7.59. The minimum atomic E-state index is -0.132. The molecule has 4 N–H and O–H groups in total. The molecule has 0 atom stereocenters. The summed E-state index contributed by atoms with van der Waals surface area (Å²) in [6.07, 6.45) is 2.40. The number of amides is 1. The summed E-state index contributed by atoms with van der Waals surface area (Å²) >= 11 is 0. The van der Waals surface area contributed by atoms with Gasteiger partial charge < -0.3 is 16.4 Å². The zero-order valence-electron chi connectivity index (χ0n) is 21.4. The highest BCUT2D eigenvalue weighted by Gasteiger charge is 2.28. The van der Waals surface area contributed by atoms with E-state index in [9.17, 15) is 4.79 Å². The summed E-state index contributed by atoms with van der Waals surface area (Å²) in [6.45, 7) is 3.17. The average molecular weight is 501 g/mol. The highest BCUT2D eigenvalue weighted by molar-refractivity contribution is 6.37. The molecule has 5 heteroatoms. The van der Waals surface area contributed by atoms with Crippen LogP contribution < -0.4 is 16.4 Å². The Morgan fingerprint density at radius 1 is 0.868 bits per heavy atom. The number of nitrogen functional groups attached to an aromatic ring is 1. The van der Waals surface area contributed by atoms with Gasteiger partial charge in [0.1, 0.15) is 0 Å². The van der Waals surface area contributed by atoms with E-state index < -0.39 is 0 Å². The van der Waals surface area contributed by atoms with Gasteiger partial charge in [-0.2, -0.15) is 0 Å². The molecule has 190 valence electrons. The number of nitrogens with two attached hydrogens (primary N) is 1. The first kappa shape index (κ1) is 24.0. The highest BCUT2D eigenvalue weighted by atomic mass is 16.2. The summed E-state index contributed by atoms with van der Waals surface area (Å²) in [7, 11) is 0. The van der Waals surface area contributed by atoms with Gasteiger partial charge in [0.2, 0.25) is 0 Å². The number of anilines is 3. The number of hydrogen-bond acceptors (Lipinski definition) is 4. The number of hydrogen-bond donors (Lipinski definition) is 3. The molecule has 2 aliphatic rings. The van der Waals surface area contributed by atoms with Gasteiger partial charge in [-0.3, -0.25) is 9.69 Å². The lowest BCUT2D eigenvalue weighted by Gasteiger charge is -2.32. The molecule has 0 aromatic heterocycles. The third-order valence-corrected chi connectivity index (χ3v) is 7.59. The maximum absolute atomic E-state index is 13.1. The molecule has 0 spiro atoms. The van der Waals surface area contributed by atoms with E-state index in [0.717, 1.165) is 47.8 Å². The van der Waals surface area contributed by atoms with E-state index in [-0.39, 0.29) is 5.91 Å². The lowest BCUT2D eigenvalue weighted by Crippen LogP contribution is -2.32. The number of nitrogens with zero attached hydrogens (tertiary/aromatic N) is 1. The fourth-order valence-electron chi connectivity index (χ4n) is 5.56. The number of piperidine rings is 1. The number of carbonyl (C=O) groups excluding carboxylic acids is 1. The Labute approximate surface area is 224 Å². The second kappa shape index (κ2) is 10.6. The molecule has 2 heterocycles. The Balaban J connectivity index is 1.19. The van der Waals surface area contributed by atoms with Gasteiger partial charge in [0.15, 0.2) is 0 Å². The minimum Gasteiger partial charge on any atom is -0.399 e. The number of benzene rings is 4. The largest absolute Gasteiger partial charge is 0.399 e. The van der Waals surface area contributed by atoms with Crippen LogP contribution in [0, 0.1) is 0 Å². The van der Waals surface area contributed by atoms with Gasteiger partial charge in [0, 0.05) is 29.2 Å². The fourth-order valence-corrected chi connectivity index (χ4v) is 5.56. The average Bonchev–Trinajstić information content (AvgIpc) is 3.28. The number of nitrogens with one attached hydrogen (secondary N) is 2. The van der Waals surface area contributed by atoms with E-state index in [1.165, 1.54) is 24.0 Å². The van der Waals surface area contributed by atoms with Crippen LogP contribution in [-0.2, 0) is 11.3 Å². The second-order valence-corrected chi connectivity index (χ2v) is 10.2. The number of carbonyl (C=O) groups is 1. The van der Waals surface area contributed by atoms with E-state index in [4.69, 9.17) is 5.73 Å². The van der Waals surface area contributed by atoms with E-state index in [1.807, 2.05) is 42.5 Å². The summed E-state index contributed by atoms with van der Waals surface area (Å²) in [4.78, 5) is 15.6. The van der Waals surface area contributed by atoms with Crippen LogP contribution in [-0.4, -0.2) is 23.9 Å². The molecule has 0 bridgehead atoms. The van der Waals surface area contributed by atoms with E-state index in [1.54, 1.807) is 6.07 Å². The van der Waals surface area contributed by atoms with E-state index >= 15 is 0 Å². The molecule has 0 radical (unpaired) electrons. The van der Waals surface area contributed by atoms with Gasteiger partial charge >= 0.3 is 0 Å². The zero-order valence-corrected chi connectivity index (χ0v) is 21.4. The summed E-state index contributed by atoms with van der Waals surface area (Å²) in [5, 5.41) is 6.53. The van der Waals surface area contributed by atoms with Gasteiger partial charge in [-0.1, -0.05) is 72.8 Å². The molecule has 4 aromatic rings. The van der Waals surface area contributed by atoms with Crippen molar-refractivity contribution in [3.63, 3.8) is 0 Å². The molecule has 5 nitrogen and oxygen atoms in total. The molecular formula is C33H32N4O. The molecule has 38 heavy (non-hydrogen) atoms. The van der Waals surface area contributed by atoms with Gasteiger partial charge in [-0.25, -0.2) is 0 Å². The van der Waals surface area contributed by atoms with Crippen LogP contribution >= 0.6 is 0 Å². The molecule has 1 fully saturated rings. The first-order valence-electron chi connectivity index (χ1n) is 13.3. The quantitative estimate of drug-likeness (QED) is 0.207. The third kappa shape index (κ3) is 5.06. The maximum atomic E-state index is 13.1. The van der Waals surface area contributed by atoms with Gasteiger partial charge in [0.05, 0.1) is 11.3 Å². The van der Waals surface area contributed by atoms with Crippen LogP contribution in [0.3, 0.4) is 0 Å². The van der Waals surface area contributed by atoms with Gasteiger partial charge in [0.25, 0.3) is 5.91 Å². The van der Waals surface area contributed by atoms with Crippen molar-refractivity contribution in [3.8, 4) is 0 Å².